The van der Waals surface area contributed by atoms with Crippen molar-refractivity contribution in [3.8, 4) is 28.0 Å². The van der Waals surface area contributed by atoms with Gasteiger partial charge in [-0.1, -0.05) is 158 Å². The van der Waals surface area contributed by atoms with Gasteiger partial charge >= 0.3 is 0 Å². The fraction of sp³-hybridized carbons (Fsp3) is 0.0435. The van der Waals surface area contributed by atoms with Crippen LogP contribution in [0.3, 0.4) is 0 Å². The molecule has 2 atom stereocenters. The first-order chi connectivity index (χ1) is 23.8. The number of ether oxygens (including phenoxy) is 1. The second-order valence-corrected chi connectivity index (χ2v) is 12.5. The van der Waals surface area contributed by atoms with E-state index in [4.69, 9.17) is 4.74 Å². The molecule has 2 aliphatic rings. The Labute approximate surface area is 281 Å². The van der Waals surface area contributed by atoms with Gasteiger partial charge in [0.2, 0.25) is 0 Å². The normalized spacial score (nSPS) is 16.1. The van der Waals surface area contributed by atoms with Crippen molar-refractivity contribution in [1.82, 2.24) is 0 Å². The lowest BCUT2D eigenvalue weighted by molar-refractivity contribution is 0.281. The minimum Gasteiger partial charge on any atom is -0.484 e. The van der Waals surface area contributed by atoms with Crippen LogP contribution >= 0.6 is 0 Å². The molecule has 0 saturated heterocycles. The summed E-state index contributed by atoms with van der Waals surface area (Å²) in [4.78, 5) is 2.40. The van der Waals surface area contributed by atoms with Gasteiger partial charge in [-0.3, -0.25) is 0 Å². The predicted molar refractivity (Wildman–Crippen MR) is 200 cm³/mol. The van der Waals surface area contributed by atoms with E-state index in [0.717, 1.165) is 33.6 Å². The average molecular weight is 616 g/mol. The molecule has 0 bridgehead atoms. The molecule has 2 heteroatoms. The maximum Gasteiger partial charge on any atom is 0.135 e. The van der Waals surface area contributed by atoms with Gasteiger partial charge in [-0.05, 0) is 58.1 Å². The van der Waals surface area contributed by atoms with Crippen LogP contribution in [0.2, 0.25) is 0 Å². The number of hydrogen-bond acceptors (Lipinski definition) is 2. The lowest BCUT2D eigenvalue weighted by atomic mass is 9.83. The first-order valence-corrected chi connectivity index (χ1v) is 16.6. The minimum atomic E-state index is -0.0742. The molecule has 228 valence electrons. The first-order valence-electron chi connectivity index (χ1n) is 16.6. The van der Waals surface area contributed by atoms with Gasteiger partial charge in [0.1, 0.15) is 11.9 Å². The molecular formula is C46H33NO. The lowest BCUT2D eigenvalue weighted by Gasteiger charge is -2.28. The molecule has 0 aromatic heterocycles. The van der Waals surface area contributed by atoms with Crippen LogP contribution in [0, 0.1) is 0 Å². The molecule has 0 N–H and O–H groups in total. The van der Waals surface area contributed by atoms with Crippen LogP contribution in [0.15, 0.2) is 188 Å². The molecule has 7 aromatic rings. The Morgan fingerprint density at radius 2 is 0.938 bits per heavy atom. The maximum absolute atomic E-state index is 6.93. The van der Waals surface area contributed by atoms with Crippen LogP contribution in [-0.2, 0) is 0 Å². The molecule has 0 amide bonds. The third kappa shape index (κ3) is 4.90. The fourth-order valence-corrected chi connectivity index (χ4v) is 7.30. The fourth-order valence-electron chi connectivity index (χ4n) is 7.30. The molecule has 0 radical (unpaired) electrons. The summed E-state index contributed by atoms with van der Waals surface area (Å²) in [6, 6.07) is 60.7. The maximum atomic E-state index is 6.93. The molecule has 0 fully saturated rings. The summed E-state index contributed by atoms with van der Waals surface area (Å²) >= 11 is 0. The minimum absolute atomic E-state index is 0.0742. The summed E-state index contributed by atoms with van der Waals surface area (Å²) in [7, 11) is 0. The van der Waals surface area contributed by atoms with Gasteiger partial charge < -0.3 is 9.64 Å². The highest BCUT2D eigenvalue weighted by Gasteiger charge is 2.39. The van der Waals surface area contributed by atoms with E-state index in [0.29, 0.717) is 0 Å². The van der Waals surface area contributed by atoms with Crippen LogP contribution < -0.4 is 9.64 Å². The molecule has 1 heterocycles. The molecule has 9 rings (SSSR count). The Balaban J connectivity index is 1.20. The third-order valence-corrected chi connectivity index (χ3v) is 9.65. The van der Waals surface area contributed by atoms with E-state index in [-0.39, 0.29) is 12.0 Å². The number of fused-ring (bicyclic) bond motifs is 5. The molecule has 2 unspecified atom stereocenters. The van der Waals surface area contributed by atoms with E-state index in [9.17, 15) is 0 Å². The van der Waals surface area contributed by atoms with Crippen LogP contribution in [0.4, 0.5) is 17.1 Å². The monoisotopic (exact) mass is 615 g/mol. The molecule has 7 aromatic carbocycles. The highest BCUT2D eigenvalue weighted by atomic mass is 16.5. The standard InChI is InChI=1S/C46H33NO/c1-4-13-32(14-5-1)34-23-27-37(28-24-34)47(38-29-25-35(26-30-38)33-15-6-2-7-16-33)44-31-43-42-22-12-21-39(36-17-8-3-9-18-36)45(42)48-46(43)41-20-11-10-19-40(41)44/h1-31,42,45H. The molecule has 1 aliphatic heterocycles. The number of benzene rings is 7. The van der Waals surface area contributed by atoms with Crippen molar-refractivity contribution in [2.24, 2.45) is 0 Å². The van der Waals surface area contributed by atoms with E-state index in [2.05, 4.69) is 193 Å². The van der Waals surface area contributed by atoms with Crippen molar-refractivity contribution >= 4 is 33.4 Å². The van der Waals surface area contributed by atoms with Crippen LogP contribution in [0.5, 0.6) is 5.75 Å². The van der Waals surface area contributed by atoms with E-state index >= 15 is 0 Å². The van der Waals surface area contributed by atoms with Crippen molar-refractivity contribution in [3.05, 3.63) is 199 Å². The number of allylic oxidation sites excluding steroid dienone is 2. The molecule has 0 spiro atoms. The zero-order valence-electron chi connectivity index (χ0n) is 26.4. The summed E-state index contributed by atoms with van der Waals surface area (Å²) in [5.41, 5.74) is 11.8. The number of rotatable bonds is 6. The molecule has 0 saturated carbocycles. The molecule has 2 nitrogen and oxygen atoms in total. The largest absolute Gasteiger partial charge is 0.484 e. The van der Waals surface area contributed by atoms with Gasteiger partial charge in [-0.25, -0.2) is 0 Å². The van der Waals surface area contributed by atoms with Gasteiger partial charge in [0.05, 0.1) is 5.69 Å². The Hall–Kier alpha value is -6.12. The Kier molecular flexibility index (Phi) is 6.98. The summed E-state index contributed by atoms with van der Waals surface area (Å²) < 4.78 is 6.93. The van der Waals surface area contributed by atoms with Gasteiger partial charge in [0.15, 0.2) is 0 Å². The van der Waals surface area contributed by atoms with E-state index < -0.39 is 0 Å². The summed E-state index contributed by atoms with van der Waals surface area (Å²) in [6.45, 7) is 0. The van der Waals surface area contributed by atoms with Crippen LogP contribution in [0.1, 0.15) is 17.0 Å². The van der Waals surface area contributed by atoms with Crippen molar-refractivity contribution < 1.29 is 4.74 Å². The lowest BCUT2D eigenvalue weighted by Crippen LogP contribution is -2.21. The second-order valence-electron chi connectivity index (χ2n) is 12.5. The topological polar surface area (TPSA) is 12.5 Å². The number of anilines is 3. The molecule has 1 aliphatic carbocycles. The van der Waals surface area contributed by atoms with Gasteiger partial charge in [-0.2, -0.15) is 0 Å². The van der Waals surface area contributed by atoms with Crippen LogP contribution in [0.25, 0.3) is 38.6 Å². The summed E-state index contributed by atoms with van der Waals surface area (Å²) in [5.74, 6) is 1.10. The first kappa shape index (κ1) is 28.1. The Morgan fingerprint density at radius 3 is 1.50 bits per heavy atom. The van der Waals surface area contributed by atoms with Crippen molar-refractivity contribution in [3.63, 3.8) is 0 Å². The average Bonchev–Trinajstić information content (AvgIpc) is 3.56. The molecular weight excluding hydrogens is 583 g/mol. The zero-order valence-corrected chi connectivity index (χ0v) is 26.4. The smallest absolute Gasteiger partial charge is 0.135 e. The summed E-state index contributed by atoms with van der Waals surface area (Å²) in [6.07, 6.45) is 6.63. The Bertz CT molecular complexity index is 2200. The quantitative estimate of drug-likeness (QED) is 0.185. The third-order valence-electron chi connectivity index (χ3n) is 9.65. The van der Waals surface area contributed by atoms with E-state index in [1.807, 2.05) is 0 Å². The van der Waals surface area contributed by atoms with Gasteiger partial charge in [0, 0.05) is 39.2 Å². The SMILES string of the molecule is C1=CC2c3cc(N(c4ccc(-c5ccccc5)cc4)c4ccc(-c5ccccc5)cc4)c4ccccc4c3OC2C(c2ccccc2)=C1. The zero-order chi connectivity index (χ0) is 31.9. The van der Waals surface area contributed by atoms with Crippen molar-refractivity contribution in [2.45, 2.75) is 12.0 Å². The molecule has 48 heavy (non-hydrogen) atoms. The van der Waals surface area contributed by atoms with Crippen molar-refractivity contribution in [1.29, 1.82) is 0 Å². The van der Waals surface area contributed by atoms with Gasteiger partial charge in [-0.15, -0.1) is 0 Å². The summed E-state index contributed by atoms with van der Waals surface area (Å²) in [5, 5.41) is 2.29. The second kappa shape index (κ2) is 11.9. The Morgan fingerprint density at radius 1 is 0.458 bits per heavy atom. The van der Waals surface area contributed by atoms with Crippen LogP contribution in [-0.4, -0.2) is 6.10 Å². The highest BCUT2D eigenvalue weighted by molar-refractivity contribution is 6.04. The van der Waals surface area contributed by atoms with Gasteiger partial charge in [0.25, 0.3) is 0 Å². The number of hydrogen-bond donors (Lipinski definition) is 0. The van der Waals surface area contributed by atoms with E-state index in [1.54, 1.807) is 0 Å². The van der Waals surface area contributed by atoms with E-state index in [1.165, 1.54) is 39.0 Å². The van der Waals surface area contributed by atoms with Crippen molar-refractivity contribution in [2.75, 3.05) is 4.90 Å². The number of nitrogens with zero attached hydrogens (tertiary/aromatic N) is 1. The predicted octanol–water partition coefficient (Wildman–Crippen LogP) is 12.1. The highest BCUT2D eigenvalue weighted by Crippen LogP contribution is 2.52.